The lowest BCUT2D eigenvalue weighted by molar-refractivity contribution is -0.151. The molecule has 0 aromatic carbocycles. The molecule has 0 aliphatic carbocycles. The summed E-state index contributed by atoms with van der Waals surface area (Å²) in [4.78, 5) is 11.0. The van der Waals surface area contributed by atoms with Gasteiger partial charge < -0.3 is 10.4 Å². The molecule has 0 heterocycles. The number of hydrogen-bond acceptors (Lipinski definition) is 2. The van der Waals surface area contributed by atoms with E-state index in [1.54, 1.807) is 13.8 Å². The molecule has 2 N–H and O–H groups in total. The first-order chi connectivity index (χ1) is 6.25. The number of carboxylic acid groups (broad SMARTS) is 1. The largest absolute Gasteiger partial charge is 0.481 e. The average Bonchev–Trinajstić information content (AvgIpc) is 2.04. The summed E-state index contributed by atoms with van der Waals surface area (Å²) < 4.78 is 0. The molecule has 0 fully saturated rings. The summed E-state index contributed by atoms with van der Waals surface area (Å²) in [5.74, 6) is -0.782. The predicted molar refractivity (Wildman–Crippen MR) is 58.3 cm³/mol. The number of allylic oxidation sites excluding steroid dienone is 1. The van der Waals surface area contributed by atoms with Crippen LogP contribution in [0.15, 0.2) is 12.2 Å². The van der Waals surface area contributed by atoms with Gasteiger partial charge in [0.05, 0.1) is 5.41 Å². The molecule has 14 heavy (non-hydrogen) atoms. The normalized spacial score (nSPS) is 13.5. The summed E-state index contributed by atoms with van der Waals surface area (Å²) in [6, 6.07) is 0. The summed E-state index contributed by atoms with van der Waals surface area (Å²) >= 11 is 0. The Hall–Kier alpha value is -0.830. The van der Waals surface area contributed by atoms with Crippen molar-refractivity contribution in [3.8, 4) is 0 Å². The molecule has 3 nitrogen and oxygen atoms in total. The Morgan fingerprint density at radius 1 is 1.36 bits per heavy atom. The van der Waals surface area contributed by atoms with E-state index in [4.69, 9.17) is 5.11 Å². The van der Waals surface area contributed by atoms with Crippen LogP contribution in [0.1, 0.15) is 34.6 Å². The zero-order valence-electron chi connectivity index (χ0n) is 9.72. The topological polar surface area (TPSA) is 49.3 Å². The van der Waals surface area contributed by atoms with Crippen LogP contribution < -0.4 is 5.32 Å². The highest BCUT2D eigenvalue weighted by Crippen LogP contribution is 2.30. The molecule has 0 atom stereocenters. The van der Waals surface area contributed by atoms with E-state index in [9.17, 15) is 4.79 Å². The third-order valence-electron chi connectivity index (χ3n) is 2.99. The lowest BCUT2D eigenvalue weighted by atomic mass is 9.74. The van der Waals surface area contributed by atoms with Gasteiger partial charge in [0, 0.05) is 12.1 Å². The predicted octanol–water partition coefficient (Wildman–Crippen LogP) is 2.04. The zero-order chi connectivity index (χ0) is 11.4. The Bertz CT molecular complexity index is 229. The fourth-order valence-corrected chi connectivity index (χ4v) is 0.920. The maximum Gasteiger partial charge on any atom is 0.310 e. The third kappa shape index (κ3) is 2.84. The quantitative estimate of drug-likeness (QED) is 0.666. The van der Waals surface area contributed by atoms with Crippen molar-refractivity contribution in [1.29, 1.82) is 0 Å². The van der Waals surface area contributed by atoms with Gasteiger partial charge in [-0.15, -0.1) is 0 Å². The Kier molecular flexibility index (Phi) is 4.33. The molecule has 0 aromatic heterocycles. The van der Waals surface area contributed by atoms with Crippen LogP contribution in [0.3, 0.4) is 0 Å². The van der Waals surface area contributed by atoms with Crippen LogP contribution in [0.2, 0.25) is 0 Å². The van der Waals surface area contributed by atoms with Gasteiger partial charge in [-0.3, -0.25) is 4.79 Å². The molecule has 0 aliphatic heterocycles. The molecule has 82 valence electrons. The number of aliphatic carboxylic acids is 1. The van der Waals surface area contributed by atoms with E-state index in [-0.39, 0.29) is 0 Å². The molecule has 0 radical (unpaired) electrons. The van der Waals surface area contributed by atoms with Crippen molar-refractivity contribution in [1.82, 2.24) is 5.32 Å². The van der Waals surface area contributed by atoms with E-state index in [0.717, 1.165) is 0 Å². The van der Waals surface area contributed by atoms with Crippen LogP contribution in [0.25, 0.3) is 0 Å². The van der Waals surface area contributed by atoms with Gasteiger partial charge in [0.2, 0.25) is 0 Å². The summed E-state index contributed by atoms with van der Waals surface area (Å²) in [5, 5.41) is 12.3. The van der Waals surface area contributed by atoms with Crippen LogP contribution >= 0.6 is 0 Å². The molecule has 0 aromatic rings. The van der Waals surface area contributed by atoms with Gasteiger partial charge >= 0.3 is 5.97 Å². The number of carboxylic acids is 1. The molecule has 0 bridgehead atoms. The molecule has 0 spiro atoms. The number of nitrogens with one attached hydrogen (secondary N) is 1. The minimum absolute atomic E-state index is 0.432. The first kappa shape index (κ1) is 13.2. The molecule has 0 saturated carbocycles. The van der Waals surface area contributed by atoms with E-state index >= 15 is 0 Å². The SMILES string of the molecule is CC=CCNC(C)(C)C(C)(C)C(=O)O. The van der Waals surface area contributed by atoms with Crippen LogP contribution in [-0.4, -0.2) is 23.2 Å². The van der Waals surface area contributed by atoms with Gasteiger partial charge in [-0.2, -0.15) is 0 Å². The smallest absolute Gasteiger partial charge is 0.310 e. The minimum atomic E-state index is -0.783. The number of carbonyl (C=O) groups is 1. The Morgan fingerprint density at radius 2 is 1.86 bits per heavy atom. The second-order valence-electron chi connectivity index (χ2n) is 4.51. The standard InChI is InChI=1S/C11H21NO2/c1-6-7-8-12-11(4,5)10(2,3)9(13)14/h6-7,12H,8H2,1-5H3,(H,13,14). The molecule has 0 saturated heterocycles. The van der Waals surface area contributed by atoms with Gasteiger partial charge in [0.1, 0.15) is 0 Å². The second-order valence-corrected chi connectivity index (χ2v) is 4.51. The van der Waals surface area contributed by atoms with E-state index in [1.165, 1.54) is 0 Å². The first-order valence-electron chi connectivity index (χ1n) is 4.85. The maximum atomic E-state index is 11.0. The van der Waals surface area contributed by atoms with Gasteiger partial charge in [0.25, 0.3) is 0 Å². The van der Waals surface area contributed by atoms with E-state index < -0.39 is 16.9 Å². The molecule has 0 aliphatic rings. The second kappa shape index (κ2) is 4.60. The number of rotatable bonds is 5. The van der Waals surface area contributed by atoms with E-state index in [0.29, 0.717) is 6.54 Å². The average molecular weight is 199 g/mol. The molecule has 3 heteroatoms. The molecule has 0 rings (SSSR count). The van der Waals surface area contributed by atoms with Crippen molar-refractivity contribution in [3.05, 3.63) is 12.2 Å². The van der Waals surface area contributed by atoms with Crippen LogP contribution in [0.5, 0.6) is 0 Å². The molecule has 0 amide bonds. The summed E-state index contributed by atoms with van der Waals surface area (Å²) in [5.41, 5.74) is -1.22. The van der Waals surface area contributed by atoms with Crippen molar-refractivity contribution in [2.24, 2.45) is 5.41 Å². The van der Waals surface area contributed by atoms with Crippen LogP contribution in [0, 0.1) is 5.41 Å². The first-order valence-corrected chi connectivity index (χ1v) is 4.85. The van der Waals surface area contributed by atoms with E-state index in [2.05, 4.69) is 5.32 Å². The zero-order valence-corrected chi connectivity index (χ0v) is 9.72. The minimum Gasteiger partial charge on any atom is -0.481 e. The van der Waals surface area contributed by atoms with E-state index in [1.807, 2.05) is 32.9 Å². The number of hydrogen-bond donors (Lipinski definition) is 2. The highest BCUT2D eigenvalue weighted by atomic mass is 16.4. The molecular weight excluding hydrogens is 178 g/mol. The van der Waals surface area contributed by atoms with Crippen molar-refractivity contribution >= 4 is 5.97 Å². The van der Waals surface area contributed by atoms with Crippen molar-refractivity contribution < 1.29 is 9.90 Å². The van der Waals surface area contributed by atoms with Crippen LogP contribution in [-0.2, 0) is 4.79 Å². The Labute approximate surface area is 86.2 Å². The molecule has 0 unspecified atom stereocenters. The monoisotopic (exact) mass is 199 g/mol. The lowest BCUT2D eigenvalue weighted by Crippen LogP contribution is -2.55. The van der Waals surface area contributed by atoms with Gasteiger partial charge in [-0.05, 0) is 34.6 Å². The van der Waals surface area contributed by atoms with Crippen molar-refractivity contribution in [2.75, 3.05) is 6.54 Å². The highest BCUT2D eigenvalue weighted by molar-refractivity contribution is 5.75. The highest BCUT2D eigenvalue weighted by Gasteiger charge is 2.42. The Morgan fingerprint density at radius 3 is 2.21 bits per heavy atom. The fourth-order valence-electron chi connectivity index (χ4n) is 0.920. The Balaban J connectivity index is 4.51. The van der Waals surface area contributed by atoms with Crippen LogP contribution in [0.4, 0.5) is 0 Å². The van der Waals surface area contributed by atoms with Crippen molar-refractivity contribution in [2.45, 2.75) is 40.2 Å². The van der Waals surface area contributed by atoms with Crippen molar-refractivity contribution in [3.63, 3.8) is 0 Å². The van der Waals surface area contributed by atoms with Gasteiger partial charge in [0.15, 0.2) is 0 Å². The third-order valence-corrected chi connectivity index (χ3v) is 2.99. The summed E-state index contributed by atoms with van der Waals surface area (Å²) in [6.07, 6.45) is 3.91. The molecular formula is C11H21NO2. The lowest BCUT2D eigenvalue weighted by Gasteiger charge is -2.38. The summed E-state index contributed by atoms with van der Waals surface area (Å²) in [7, 11) is 0. The maximum absolute atomic E-state index is 11.0. The van der Waals surface area contributed by atoms with Gasteiger partial charge in [-0.25, -0.2) is 0 Å². The fraction of sp³-hybridized carbons (Fsp3) is 0.727. The van der Waals surface area contributed by atoms with Gasteiger partial charge in [-0.1, -0.05) is 12.2 Å². The summed E-state index contributed by atoms with van der Waals surface area (Å²) in [6.45, 7) is 9.92.